The molecule has 0 unspecified atom stereocenters. The Bertz CT molecular complexity index is 732. The third-order valence-electron chi connectivity index (χ3n) is 2.99. The Balaban J connectivity index is 2.54. The van der Waals surface area contributed by atoms with E-state index in [2.05, 4.69) is 0 Å². The summed E-state index contributed by atoms with van der Waals surface area (Å²) in [7, 11) is -3.72. The van der Waals surface area contributed by atoms with E-state index >= 15 is 0 Å². The smallest absolute Gasteiger partial charge is 0.265 e. The van der Waals surface area contributed by atoms with Crippen LogP contribution in [0.3, 0.4) is 0 Å². The normalized spacial score (nSPS) is 11.3. The van der Waals surface area contributed by atoms with Gasteiger partial charge < -0.3 is 5.73 Å². The van der Waals surface area contributed by atoms with E-state index in [4.69, 9.17) is 17.3 Å². The minimum absolute atomic E-state index is 0.0996. The topological polar surface area (TPSA) is 63.4 Å². The van der Waals surface area contributed by atoms with E-state index in [1.165, 1.54) is 10.4 Å². The van der Waals surface area contributed by atoms with Gasteiger partial charge in [-0.2, -0.15) is 0 Å². The number of nitrogen functional groups attached to an aromatic ring is 1. The Morgan fingerprint density at radius 1 is 1.14 bits per heavy atom. The molecule has 0 heterocycles. The molecule has 2 aromatic carbocycles. The molecule has 2 rings (SSSR count). The highest BCUT2D eigenvalue weighted by molar-refractivity contribution is 7.93. The number of sulfonamides is 1. The zero-order valence-corrected chi connectivity index (χ0v) is 13.2. The minimum atomic E-state index is -3.72. The van der Waals surface area contributed by atoms with E-state index in [0.717, 1.165) is 0 Å². The fraction of sp³-hybridized carbons (Fsp3) is 0.200. The Morgan fingerprint density at radius 2 is 1.86 bits per heavy atom. The zero-order chi connectivity index (χ0) is 15.5. The molecule has 0 saturated heterocycles. The molecule has 0 fully saturated rings. The summed E-state index contributed by atoms with van der Waals surface area (Å²) in [6.07, 6.45) is 0.679. The molecular formula is C15H17ClN2O2S. The highest BCUT2D eigenvalue weighted by atomic mass is 35.5. The number of hydrogen-bond donors (Lipinski definition) is 1. The largest absolute Gasteiger partial charge is 0.399 e. The van der Waals surface area contributed by atoms with Gasteiger partial charge in [-0.1, -0.05) is 36.7 Å². The molecule has 21 heavy (non-hydrogen) atoms. The molecule has 112 valence electrons. The van der Waals surface area contributed by atoms with Crippen LogP contribution >= 0.6 is 11.6 Å². The first kappa shape index (κ1) is 15.7. The summed E-state index contributed by atoms with van der Waals surface area (Å²) in [5, 5.41) is 0.211. The van der Waals surface area contributed by atoms with Crippen molar-refractivity contribution in [1.82, 2.24) is 0 Å². The first-order chi connectivity index (χ1) is 9.96. The number of nitrogens with zero attached hydrogens (tertiary/aromatic N) is 1. The molecule has 0 amide bonds. The van der Waals surface area contributed by atoms with E-state index in [1.807, 2.05) is 6.92 Å². The first-order valence-electron chi connectivity index (χ1n) is 6.59. The zero-order valence-electron chi connectivity index (χ0n) is 11.7. The summed E-state index contributed by atoms with van der Waals surface area (Å²) in [6.45, 7) is 2.28. The van der Waals surface area contributed by atoms with Crippen molar-refractivity contribution in [1.29, 1.82) is 0 Å². The molecule has 0 saturated carbocycles. The molecule has 6 heteroatoms. The summed E-state index contributed by atoms with van der Waals surface area (Å²) >= 11 is 6.04. The van der Waals surface area contributed by atoms with Crippen molar-refractivity contribution >= 4 is 33.0 Å². The standard InChI is InChI=1S/C15H17ClN2O2S/c1-2-10-18(13-7-5-6-12(17)11-13)21(19,20)15-9-4-3-8-14(15)16/h3-9,11H,2,10,17H2,1H3. The average molecular weight is 325 g/mol. The van der Waals surface area contributed by atoms with Crippen LogP contribution in [0.4, 0.5) is 11.4 Å². The molecule has 0 bridgehead atoms. The van der Waals surface area contributed by atoms with Gasteiger partial charge >= 0.3 is 0 Å². The number of rotatable bonds is 5. The quantitative estimate of drug-likeness (QED) is 0.856. The lowest BCUT2D eigenvalue weighted by atomic mass is 10.3. The molecule has 0 aliphatic carbocycles. The lowest BCUT2D eigenvalue weighted by Gasteiger charge is -2.24. The van der Waals surface area contributed by atoms with Crippen molar-refractivity contribution in [3.63, 3.8) is 0 Å². The fourth-order valence-electron chi connectivity index (χ4n) is 2.04. The van der Waals surface area contributed by atoms with Crippen LogP contribution in [0.5, 0.6) is 0 Å². The fourth-order valence-corrected chi connectivity index (χ4v) is 4.09. The number of nitrogens with two attached hydrogens (primary N) is 1. The van der Waals surface area contributed by atoms with Crippen molar-refractivity contribution in [3.8, 4) is 0 Å². The van der Waals surface area contributed by atoms with Crippen LogP contribution in [0.15, 0.2) is 53.4 Å². The Labute approximate surface area is 130 Å². The molecule has 0 radical (unpaired) electrons. The minimum Gasteiger partial charge on any atom is -0.399 e. The second-order valence-corrected chi connectivity index (χ2v) is 6.84. The van der Waals surface area contributed by atoms with E-state index in [-0.39, 0.29) is 9.92 Å². The highest BCUT2D eigenvalue weighted by Crippen LogP contribution is 2.29. The SMILES string of the molecule is CCCN(c1cccc(N)c1)S(=O)(=O)c1ccccc1Cl. The van der Waals surface area contributed by atoms with Crippen LogP contribution < -0.4 is 10.0 Å². The van der Waals surface area contributed by atoms with Gasteiger partial charge in [0, 0.05) is 12.2 Å². The van der Waals surface area contributed by atoms with Crippen LogP contribution in [0.25, 0.3) is 0 Å². The summed E-state index contributed by atoms with van der Waals surface area (Å²) in [4.78, 5) is 0.0996. The van der Waals surface area contributed by atoms with Crippen LogP contribution in [-0.2, 0) is 10.0 Å². The monoisotopic (exact) mass is 324 g/mol. The van der Waals surface area contributed by atoms with Crippen molar-refractivity contribution in [2.75, 3.05) is 16.6 Å². The number of benzene rings is 2. The van der Waals surface area contributed by atoms with Crippen molar-refractivity contribution in [2.45, 2.75) is 18.2 Å². The van der Waals surface area contributed by atoms with Crippen molar-refractivity contribution in [3.05, 3.63) is 53.6 Å². The summed E-state index contributed by atoms with van der Waals surface area (Å²) in [5.74, 6) is 0. The second-order valence-electron chi connectivity index (χ2n) is 4.60. The van der Waals surface area contributed by atoms with E-state index in [1.54, 1.807) is 42.5 Å². The number of anilines is 2. The van der Waals surface area contributed by atoms with Crippen LogP contribution in [0.2, 0.25) is 5.02 Å². The van der Waals surface area contributed by atoms with Crippen LogP contribution in [0.1, 0.15) is 13.3 Å². The predicted octanol–water partition coefficient (Wildman–Crippen LogP) is 3.53. The van der Waals surface area contributed by atoms with Crippen LogP contribution in [-0.4, -0.2) is 15.0 Å². The van der Waals surface area contributed by atoms with Crippen molar-refractivity contribution < 1.29 is 8.42 Å². The lowest BCUT2D eigenvalue weighted by molar-refractivity contribution is 0.590. The van der Waals surface area contributed by atoms with Gasteiger partial charge in [-0.05, 0) is 36.8 Å². The van der Waals surface area contributed by atoms with Gasteiger partial charge in [0.25, 0.3) is 10.0 Å². The summed E-state index contributed by atoms with van der Waals surface area (Å²) < 4.78 is 27.0. The maximum Gasteiger partial charge on any atom is 0.265 e. The van der Waals surface area contributed by atoms with Gasteiger partial charge in [-0.25, -0.2) is 8.42 Å². The molecule has 2 aromatic rings. The van der Waals surface area contributed by atoms with Gasteiger partial charge in [0.1, 0.15) is 4.90 Å². The molecule has 0 aliphatic rings. The van der Waals surface area contributed by atoms with Gasteiger partial charge in [0.15, 0.2) is 0 Å². The maximum absolute atomic E-state index is 12.9. The third-order valence-corrected chi connectivity index (χ3v) is 5.32. The average Bonchev–Trinajstić information content (AvgIpc) is 2.44. The van der Waals surface area contributed by atoms with E-state index in [9.17, 15) is 8.42 Å². The lowest BCUT2D eigenvalue weighted by Crippen LogP contribution is -2.32. The summed E-state index contributed by atoms with van der Waals surface area (Å²) in [5.41, 5.74) is 6.81. The molecule has 0 spiro atoms. The second kappa shape index (κ2) is 6.37. The van der Waals surface area contributed by atoms with Crippen LogP contribution in [0, 0.1) is 0 Å². The molecular weight excluding hydrogens is 308 g/mol. The summed E-state index contributed by atoms with van der Waals surface area (Å²) in [6, 6.07) is 13.2. The van der Waals surface area contributed by atoms with Gasteiger partial charge in [0.2, 0.25) is 0 Å². The van der Waals surface area contributed by atoms with Gasteiger partial charge in [0.05, 0.1) is 10.7 Å². The molecule has 0 aliphatic heterocycles. The Hall–Kier alpha value is -1.72. The predicted molar refractivity (Wildman–Crippen MR) is 87.1 cm³/mol. The first-order valence-corrected chi connectivity index (χ1v) is 8.41. The van der Waals surface area contributed by atoms with Crippen molar-refractivity contribution in [2.24, 2.45) is 0 Å². The van der Waals surface area contributed by atoms with Gasteiger partial charge in [-0.15, -0.1) is 0 Å². The Morgan fingerprint density at radius 3 is 2.48 bits per heavy atom. The van der Waals surface area contributed by atoms with Gasteiger partial charge in [-0.3, -0.25) is 4.31 Å². The van der Waals surface area contributed by atoms with E-state index in [0.29, 0.717) is 24.3 Å². The highest BCUT2D eigenvalue weighted by Gasteiger charge is 2.26. The van der Waals surface area contributed by atoms with E-state index < -0.39 is 10.0 Å². The number of halogens is 1. The molecule has 4 nitrogen and oxygen atoms in total. The number of hydrogen-bond acceptors (Lipinski definition) is 3. The Kier molecular flexibility index (Phi) is 4.75. The molecule has 0 aromatic heterocycles. The molecule has 0 atom stereocenters. The molecule has 2 N–H and O–H groups in total. The third kappa shape index (κ3) is 3.31. The maximum atomic E-state index is 12.9.